The van der Waals surface area contributed by atoms with Crippen LogP contribution in [-0.2, 0) is 0 Å². The van der Waals surface area contributed by atoms with Gasteiger partial charge in [0.1, 0.15) is 18.5 Å². The Morgan fingerprint density at radius 2 is 1.96 bits per heavy atom. The second kappa shape index (κ2) is 7.26. The fourth-order valence-corrected chi connectivity index (χ4v) is 2.90. The van der Waals surface area contributed by atoms with Gasteiger partial charge >= 0.3 is 0 Å². The molecule has 1 aliphatic heterocycles. The molecule has 0 radical (unpaired) electrons. The maximum absolute atomic E-state index is 13.0. The summed E-state index contributed by atoms with van der Waals surface area (Å²) in [6.07, 6.45) is 1.42. The van der Waals surface area contributed by atoms with Crippen LogP contribution in [0.1, 0.15) is 29.0 Å². The molecule has 1 heterocycles. The number of nitrogens with zero attached hydrogens (tertiary/aromatic N) is 1. The van der Waals surface area contributed by atoms with Crippen LogP contribution >= 0.6 is 0 Å². The summed E-state index contributed by atoms with van der Waals surface area (Å²) in [5, 5.41) is 3.46. The van der Waals surface area contributed by atoms with Crippen LogP contribution in [0.3, 0.4) is 0 Å². The third-order valence-corrected chi connectivity index (χ3v) is 4.04. The average Bonchev–Trinajstić information content (AvgIpc) is 2.62. The molecule has 4 nitrogen and oxygen atoms in total. The van der Waals surface area contributed by atoms with E-state index in [1.165, 1.54) is 0 Å². The van der Waals surface area contributed by atoms with Crippen molar-refractivity contribution in [3.63, 3.8) is 0 Å². The molecule has 4 heteroatoms. The molecule has 1 atom stereocenters. The summed E-state index contributed by atoms with van der Waals surface area (Å²) in [6, 6.07) is 15.3. The van der Waals surface area contributed by atoms with E-state index in [1.54, 1.807) is 11.0 Å². The first-order valence-corrected chi connectivity index (χ1v) is 8.25. The van der Waals surface area contributed by atoms with Crippen molar-refractivity contribution < 1.29 is 9.53 Å². The highest BCUT2D eigenvalue weighted by Gasteiger charge is 2.33. The quantitative estimate of drug-likeness (QED) is 0.797. The summed E-state index contributed by atoms with van der Waals surface area (Å²) in [5.41, 5.74) is 3.35. The molecule has 1 aliphatic rings. The smallest absolute Gasteiger partial charge is 0.258 e. The van der Waals surface area contributed by atoms with Crippen LogP contribution in [0.5, 0.6) is 5.75 Å². The third-order valence-electron chi connectivity index (χ3n) is 4.04. The molecule has 0 fully saturated rings. The van der Waals surface area contributed by atoms with E-state index in [1.807, 2.05) is 55.5 Å². The predicted molar refractivity (Wildman–Crippen MR) is 101 cm³/mol. The lowest BCUT2D eigenvalue weighted by Crippen LogP contribution is -2.43. The molecule has 3 rings (SSSR count). The normalized spacial score (nSPS) is 16.0. The zero-order valence-corrected chi connectivity index (χ0v) is 14.4. The van der Waals surface area contributed by atoms with Crippen LogP contribution in [-0.4, -0.2) is 24.0 Å². The van der Waals surface area contributed by atoms with Gasteiger partial charge in [0, 0.05) is 17.8 Å². The van der Waals surface area contributed by atoms with Crippen LogP contribution in [0.4, 0.5) is 5.69 Å². The highest BCUT2D eigenvalue weighted by Crippen LogP contribution is 2.36. The van der Waals surface area contributed by atoms with Gasteiger partial charge in [0.15, 0.2) is 0 Å². The standard InChI is InChI=1S/C21H22N2O2/c1-4-13-23-20(22-18-11-7-5-9-16(18)21(23)24)17-10-6-8-12-19(17)25-14-15(2)3/h4-12,20,22H,1-2,13-14H2,3H3. The fraction of sp³-hybridized carbons (Fsp3) is 0.190. The van der Waals surface area contributed by atoms with Crippen molar-refractivity contribution in [1.29, 1.82) is 0 Å². The first-order valence-electron chi connectivity index (χ1n) is 8.25. The van der Waals surface area contributed by atoms with E-state index in [2.05, 4.69) is 18.5 Å². The van der Waals surface area contributed by atoms with E-state index in [9.17, 15) is 4.79 Å². The van der Waals surface area contributed by atoms with Gasteiger partial charge in [0.2, 0.25) is 0 Å². The van der Waals surface area contributed by atoms with Crippen LogP contribution in [0.15, 0.2) is 73.3 Å². The fourth-order valence-electron chi connectivity index (χ4n) is 2.90. The van der Waals surface area contributed by atoms with E-state index < -0.39 is 0 Å². The lowest BCUT2D eigenvalue weighted by atomic mass is 10.0. The molecule has 1 unspecified atom stereocenters. The van der Waals surface area contributed by atoms with E-state index in [0.29, 0.717) is 18.7 Å². The summed E-state index contributed by atoms with van der Waals surface area (Å²) in [5.74, 6) is 0.721. The monoisotopic (exact) mass is 334 g/mol. The Balaban J connectivity index is 2.02. The van der Waals surface area contributed by atoms with Gasteiger partial charge in [-0.05, 0) is 30.7 Å². The van der Waals surface area contributed by atoms with Gasteiger partial charge in [-0.2, -0.15) is 0 Å². The van der Waals surface area contributed by atoms with Gasteiger partial charge in [-0.25, -0.2) is 0 Å². The van der Waals surface area contributed by atoms with Gasteiger partial charge in [-0.1, -0.05) is 43.0 Å². The van der Waals surface area contributed by atoms with Crippen LogP contribution in [0.2, 0.25) is 0 Å². The number of carbonyl (C=O) groups excluding carboxylic acids is 1. The Labute approximate surface area is 148 Å². The van der Waals surface area contributed by atoms with E-state index in [0.717, 1.165) is 22.6 Å². The number of amides is 1. The molecular weight excluding hydrogens is 312 g/mol. The molecule has 0 saturated heterocycles. The van der Waals surface area contributed by atoms with Crippen LogP contribution in [0.25, 0.3) is 0 Å². The molecule has 0 bridgehead atoms. The van der Waals surface area contributed by atoms with Crippen molar-refractivity contribution in [3.05, 3.63) is 84.5 Å². The minimum atomic E-state index is -0.318. The zero-order chi connectivity index (χ0) is 17.8. The Kier molecular flexibility index (Phi) is 4.89. The number of fused-ring (bicyclic) bond motifs is 1. The van der Waals surface area contributed by atoms with Gasteiger partial charge in [-0.3, -0.25) is 4.79 Å². The topological polar surface area (TPSA) is 41.6 Å². The maximum atomic E-state index is 13.0. The largest absolute Gasteiger partial charge is 0.489 e. The number of rotatable bonds is 6. The Morgan fingerprint density at radius 3 is 2.72 bits per heavy atom. The van der Waals surface area contributed by atoms with Crippen LogP contribution in [0, 0.1) is 0 Å². The number of ether oxygens (including phenoxy) is 1. The SMILES string of the molecule is C=CCN1C(=O)c2ccccc2NC1c1ccccc1OCC(=C)C. The summed E-state index contributed by atoms with van der Waals surface area (Å²) in [4.78, 5) is 14.7. The Hall–Kier alpha value is -3.01. The molecule has 0 aliphatic carbocycles. The van der Waals surface area contributed by atoms with E-state index in [-0.39, 0.29) is 12.1 Å². The Bertz CT molecular complexity index is 813. The number of nitrogens with one attached hydrogen (secondary N) is 1. The minimum absolute atomic E-state index is 0.0195. The maximum Gasteiger partial charge on any atom is 0.258 e. The first-order chi connectivity index (χ1) is 12.1. The molecule has 0 saturated carbocycles. The van der Waals surface area contributed by atoms with Gasteiger partial charge in [-0.15, -0.1) is 6.58 Å². The highest BCUT2D eigenvalue weighted by molar-refractivity contribution is 6.01. The molecule has 2 aromatic rings. The third kappa shape index (κ3) is 3.43. The van der Waals surface area contributed by atoms with E-state index >= 15 is 0 Å². The average molecular weight is 334 g/mol. The number of para-hydroxylation sites is 2. The molecule has 2 aromatic carbocycles. The summed E-state index contributed by atoms with van der Waals surface area (Å²) in [6.45, 7) is 10.5. The van der Waals surface area contributed by atoms with Gasteiger partial charge < -0.3 is 15.0 Å². The van der Waals surface area contributed by atoms with Crippen molar-refractivity contribution in [1.82, 2.24) is 4.90 Å². The Morgan fingerprint density at radius 1 is 1.24 bits per heavy atom. The second-order valence-corrected chi connectivity index (χ2v) is 6.12. The molecule has 1 N–H and O–H groups in total. The zero-order valence-electron chi connectivity index (χ0n) is 14.4. The molecule has 128 valence electrons. The lowest BCUT2D eigenvalue weighted by molar-refractivity contribution is 0.0705. The minimum Gasteiger partial charge on any atom is -0.489 e. The molecular formula is C21H22N2O2. The number of carbonyl (C=O) groups is 1. The number of hydrogen-bond donors (Lipinski definition) is 1. The van der Waals surface area contributed by atoms with Gasteiger partial charge in [0.05, 0.1) is 5.56 Å². The highest BCUT2D eigenvalue weighted by atomic mass is 16.5. The van der Waals surface area contributed by atoms with Gasteiger partial charge in [0.25, 0.3) is 5.91 Å². The molecule has 25 heavy (non-hydrogen) atoms. The second-order valence-electron chi connectivity index (χ2n) is 6.12. The lowest BCUT2D eigenvalue weighted by Gasteiger charge is -2.38. The van der Waals surface area contributed by atoms with Crippen LogP contribution < -0.4 is 10.1 Å². The molecule has 1 amide bonds. The van der Waals surface area contributed by atoms with Crippen molar-refractivity contribution in [3.8, 4) is 5.75 Å². The summed E-state index contributed by atoms with van der Waals surface area (Å²) in [7, 11) is 0. The van der Waals surface area contributed by atoms with E-state index in [4.69, 9.17) is 4.74 Å². The van der Waals surface area contributed by atoms with Crippen molar-refractivity contribution >= 4 is 11.6 Å². The molecule has 0 spiro atoms. The number of anilines is 1. The number of benzene rings is 2. The predicted octanol–water partition coefficient (Wildman–Crippen LogP) is 4.39. The first kappa shape index (κ1) is 16.8. The summed E-state index contributed by atoms with van der Waals surface area (Å²) < 4.78 is 5.90. The van der Waals surface area contributed by atoms with Crippen molar-refractivity contribution in [2.24, 2.45) is 0 Å². The number of hydrogen-bond acceptors (Lipinski definition) is 3. The molecule has 0 aromatic heterocycles. The van der Waals surface area contributed by atoms with Crippen molar-refractivity contribution in [2.45, 2.75) is 13.1 Å². The van der Waals surface area contributed by atoms with Crippen molar-refractivity contribution in [2.75, 3.05) is 18.5 Å². The summed E-state index contributed by atoms with van der Waals surface area (Å²) >= 11 is 0.